The minimum atomic E-state index is -0.000959. The fraction of sp³-hybridized carbons (Fsp3) is 0.562. The standard InChI is InChI=1S/C16H23ClN2O3/c1-13(11-21-2)18-7-9-19(10-8-18)16(20)12-22-15-6-4-3-5-14(15)17/h3-6,13H,7-12H2,1-2H3. The zero-order valence-electron chi connectivity index (χ0n) is 13.1. The summed E-state index contributed by atoms with van der Waals surface area (Å²) in [6, 6.07) is 7.55. The molecule has 0 radical (unpaired) electrons. The Labute approximate surface area is 136 Å². The third-order valence-corrected chi connectivity index (χ3v) is 4.20. The molecular formula is C16H23ClN2O3. The molecule has 1 aliphatic heterocycles. The number of piperazine rings is 1. The number of nitrogens with zero attached hydrogens (tertiary/aromatic N) is 2. The van der Waals surface area contributed by atoms with Crippen LogP contribution in [0, 0.1) is 0 Å². The van der Waals surface area contributed by atoms with Gasteiger partial charge in [0.25, 0.3) is 5.91 Å². The van der Waals surface area contributed by atoms with Crippen LogP contribution in [0.2, 0.25) is 5.02 Å². The summed E-state index contributed by atoms with van der Waals surface area (Å²) in [7, 11) is 1.71. The van der Waals surface area contributed by atoms with Crippen molar-refractivity contribution in [2.75, 3.05) is 46.5 Å². The minimum absolute atomic E-state index is 0.000959. The summed E-state index contributed by atoms with van der Waals surface area (Å²) < 4.78 is 10.7. The number of ether oxygens (including phenoxy) is 2. The average molecular weight is 327 g/mol. The molecular weight excluding hydrogens is 304 g/mol. The zero-order valence-corrected chi connectivity index (χ0v) is 13.9. The first-order valence-electron chi connectivity index (χ1n) is 7.50. The van der Waals surface area contributed by atoms with Crippen LogP contribution < -0.4 is 4.74 Å². The maximum atomic E-state index is 12.2. The van der Waals surface area contributed by atoms with Crippen LogP contribution in [0.3, 0.4) is 0 Å². The maximum absolute atomic E-state index is 12.2. The largest absolute Gasteiger partial charge is 0.482 e. The van der Waals surface area contributed by atoms with Crippen molar-refractivity contribution < 1.29 is 14.3 Å². The van der Waals surface area contributed by atoms with Crippen LogP contribution in [0.25, 0.3) is 0 Å². The van der Waals surface area contributed by atoms with E-state index >= 15 is 0 Å². The maximum Gasteiger partial charge on any atom is 0.260 e. The van der Waals surface area contributed by atoms with E-state index in [2.05, 4.69) is 11.8 Å². The summed E-state index contributed by atoms with van der Waals surface area (Å²) in [4.78, 5) is 16.4. The Morgan fingerprint density at radius 1 is 1.27 bits per heavy atom. The third-order valence-electron chi connectivity index (χ3n) is 3.89. The highest BCUT2D eigenvalue weighted by molar-refractivity contribution is 6.32. The van der Waals surface area contributed by atoms with Gasteiger partial charge in [0.1, 0.15) is 5.75 Å². The smallest absolute Gasteiger partial charge is 0.260 e. The Kier molecular flexibility index (Phi) is 6.49. The van der Waals surface area contributed by atoms with E-state index in [9.17, 15) is 4.79 Å². The predicted molar refractivity (Wildman–Crippen MR) is 86.4 cm³/mol. The number of halogens is 1. The number of hydrogen-bond donors (Lipinski definition) is 0. The monoisotopic (exact) mass is 326 g/mol. The van der Waals surface area contributed by atoms with E-state index in [1.165, 1.54) is 0 Å². The molecule has 1 saturated heterocycles. The summed E-state index contributed by atoms with van der Waals surface area (Å²) in [6.07, 6.45) is 0. The zero-order chi connectivity index (χ0) is 15.9. The van der Waals surface area contributed by atoms with E-state index in [1.54, 1.807) is 19.2 Å². The lowest BCUT2D eigenvalue weighted by Crippen LogP contribution is -2.53. The molecule has 1 amide bonds. The molecule has 0 bridgehead atoms. The molecule has 1 aromatic rings. The topological polar surface area (TPSA) is 42.0 Å². The summed E-state index contributed by atoms with van der Waals surface area (Å²) >= 11 is 6.01. The molecule has 0 N–H and O–H groups in total. The van der Waals surface area contributed by atoms with E-state index in [-0.39, 0.29) is 12.5 Å². The van der Waals surface area contributed by atoms with Gasteiger partial charge in [0.2, 0.25) is 0 Å². The van der Waals surface area contributed by atoms with Gasteiger partial charge in [-0.15, -0.1) is 0 Å². The van der Waals surface area contributed by atoms with Crippen molar-refractivity contribution in [1.29, 1.82) is 0 Å². The molecule has 1 heterocycles. The molecule has 1 atom stereocenters. The minimum Gasteiger partial charge on any atom is -0.482 e. The summed E-state index contributed by atoms with van der Waals surface area (Å²) in [6.45, 7) is 6.05. The van der Waals surface area contributed by atoms with Gasteiger partial charge in [-0.05, 0) is 19.1 Å². The number of para-hydroxylation sites is 1. The SMILES string of the molecule is COCC(C)N1CCN(C(=O)COc2ccccc2Cl)CC1. The summed E-state index contributed by atoms with van der Waals surface area (Å²) in [5, 5.41) is 0.522. The Morgan fingerprint density at radius 2 is 1.95 bits per heavy atom. The van der Waals surface area contributed by atoms with Crippen LogP contribution in [0.5, 0.6) is 5.75 Å². The molecule has 22 heavy (non-hydrogen) atoms. The summed E-state index contributed by atoms with van der Waals surface area (Å²) in [5.74, 6) is 0.545. The molecule has 122 valence electrons. The summed E-state index contributed by atoms with van der Waals surface area (Å²) in [5.41, 5.74) is 0. The van der Waals surface area contributed by atoms with Crippen LogP contribution in [-0.4, -0.2) is 68.3 Å². The number of carbonyl (C=O) groups excluding carboxylic acids is 1. The molecule has 0 spiro atoms. The molecule has 5 nitrogen and oxygen atoms in total. The molecule has 6 heteroatoms. The molecule has 1 aromatic carbocycles. The van der Waals surface area contributed by atoms with Gasteiger partial charge in [-0.3, -0.25) is 9.69 Å². The molecule has 1 unspecified atom stereocenters. The fourth-order valence-electron chi connectivity index (χ4n) is 2.55. The second-order valence-electron chi connectivity index (χ2n) is 5.44. The Bertz CT molecular complexity index is 490. The van der Waals surface area contributed by atoms with Gasteiger partial charge in [-0.1, -0.05) is 23.7 Å². The van der Waals surface area contributed by atoms with Crippen LogP contribution in [0.15, 0.2) is 24.3 Å². The third kappa shape index (κ3) is 4.60. The van der Waals surface area contributed by atoms with Crippen molar-refractivity contribution in [2.45, 2.75) is 13.0 Å². The first-order valence-corrected chi connectivity index (χ1v) is 7.87. The highest BCUT2D eigenvalue weighted by atomic mass is 35.5. The van der Waals surface area contributed by atoms with Gasteiger partial charge in [0, 0.05) is 39.3 Å². The number of carbonyl (C=O) groups is 1. The number of hydrogen-bond acceptors (Lipinski definition) is 4. The van der Waals surface area contributed by atoms with Gasteiger partial charge in [0.15, 0.2) is 6.61 Å². The second kappa shape index (κ2) is 8.36. The fourth-order valence-corrected chi connectivity index (χ4v) is 2.74. The van der Waals surface area contributed by atoms with E-state index in [4.69, 9.17) is 21.1 Å². The molecule has 1 aliphatic rings. The van der Waals surface area contributed by atoms with E-state index in [1.807, 2.05) is 17.0 Å². The number of rotatable bonds is 6. The highest BCUT2D eigenvalue weighted by Crippen LogP contribution is 2.23. The molecule has 2 rings (SSSR count). The van der Waals surface area contributed by atoms with Crippen LogP contribution in [0.4, 0.5) is 0 Å². The van der Waals surface area contributed by atoms with Gasteiger partial charge < -0.3 is 14.4 Å². The van der Waals surface area contributed by atoms with Gasteiger partial charge in [-0.25, -0.2) is 0 Å². The van der Waals surface area contributed by atoms with Crippen LogP contribution in [0.1, 0.15) is 6.92 Å². The number of amides is 1. The highest BCUT2D eigenvalue weighted by Gasteiger charge is 2.24. The van der Waals surface area contributed by atoms with Gasteiger partial charge >= 0.3 is 0 Å². The predicted octanol–water partition coefficient (Wildman–Crippen LogP) is 1.90. The van der Waals surface area contributed by atoms with E-state index < -0.39 is 0 Å². The van der Waals surface area contributed by atoms with Gasteiger partial charge in [0.05, 0.1) is 11.6 Å². The normalized spacial score (nSPS) is 17.3. The van der Waals surface area contributed by atoms with Crippen LogP contribution >= 0.6 is 11.6 Å². The van der Waals surface area contributed by atoms with Crippen LogP contribution in [-0.2, 0) is 9.53 Å². The lowest BCUT2D eigenvalue weighted by Gasteiger charge is -2.37. The van der Waals surface area contributed by atoms with Crippen molar-refractivity contribution in [2.24, 2.45) is 0 Å². The number of methoxy groups -OCH3 is 1. The molecule has 1 fully saturated rings. The average Bonchev–Trinajstić information content (AvgIpc) is 2.54. The Hall–Kier alpha value is -1.30. The Balaban J connectivity index is 1.77. The van der Waals surface area contributed by atoms with Crippen molar-refractivity contribution in [3.8, 4) is 5.75 Å². The number of benzene rings is 1. The lowest BCUT2D eigenvalue weighted by atomic mass is 10.2. The first kappa shape index (κ1) is 17.1. The van der Waals surface area contributed by atoms with Crippen molar-refractivity contribution in [3.63, 3.8) is 0 Å². The van der Waals surface area contributed by atoms with Crippen molar-refractivity contribution in [3.05, 3.63) is 29.3 Å². The van der Waals surface area contributed by atoms with Gasteiger partial charge in [-0.2, -0.15) is 0 Å². The Morgan fingerprint density at radius 3 is 2.59 bits per heavy atom. The molecule has 0 saturated carbocycles. The quantitative estimate of drug-likeness (QED) is 0.800. The first-order chi connectivity index (χ1) is 10.6. The van der Waals surface area contributed by atoms with E-state index in [0.717, 1.165) is 26.2 Å². The molecule has 0 aromatic heterocycles. The second-order valence-corrected chi connectivity index (χ2v) is 5.85. The lowest BCUT2D eigenvalue weighted by molar-refractivity contribution is -0.135. The van der Waals surface area contributed by atoms with E-state index in [0.29, 0.717) is 23.4 Å². The molecule has 0 aliphatic carbocycles. The van der Waals surface area contributed by atoms with Crippen molar-refractivity contribution >= 4 is 17.5 Å². The van der Waals surface area contributed by atoms with Crippen molar-refractivity contribution in [1.82, 2.24) is 9.80 Å².